The molecule has 25 heavy (non-hydrogen) atoms. The molecule has 0 unspecified atom stereocenters. The third-order valence-corrected chi connectivity index (χ3v) is 4.81. The Hall–Kier alpha value is -2.15. The summed E-state index contributed by atoms with van der Waals surface area (Å²) in [6, 6.07) is 6.30. The topological polar surface area (TPSA) is 75.8 Å². The average molecular weight is 361 g/mol. The number of nitro benzene ring substituents is 1. The van der Waals surface area contributed by atoms with Crippen LogP contribution in [-0.2, 0) is 4.79 Å². The number of nitrogens with zero attached hydrogens (tertiary/aromatic N) is 3. The van der Waals surface area contributed by atoms with Gasteiger partial charge in [-0.15, -0.1) is 0 Å². The van der Waals surface area contributed by atoms with E-state index in [1.807, 2.05) is 0 Å². The monoisotopic (exact) mass is 361 g/mol. The molecule has 0 saturated carbocycles. The Morgan fingerprint density at radius 2 is 2.04 bits per heavy atom. The molecule has 1 amide bonds. The van der Waals surface area contributed by atoms with Crippen molar-refractivity contribution in [3.05, 3.63) is 44.8 Å². The molecule has 0 aromatic heterocycles. The van der Waals surface area contributed by atoms with Crippen molar-refractivity contribution in [3.63, 3.8) is 0 Å². The summed E-state index contributed by atoms with van der Waals surface area (Å²) in [5, 5.41) is 11.6. The molecule has 1 heterocycles. The van der Waals surface area contributed by atoms with Gasteiger partial charge in [0.2, 0.25) is 0 Å². The molecule has 134 valence electrons. The number of carbonyl (C=O) groups excluding carboxylic acids is 1. The van der Waals surface area contributed by atoms with Gasteiger partial charge in [-0.25, -0.2) is 0 Å². The number of benzene rings is 1. The number of unbranched alkanes of at least 4 members (excludes halogenated alkanes) is 2. The van der Waals surface area contributed by atoms with E-state index in [9.17, 15) is 14.9 Å². The molecule has 0 radical (unpaired) electrons. The van der Waals surface area contributed by atoms with Crippen LogP contribution in [0.2, 0.25) is 0 Å². The quantitative estimate of drug-likeness (QED) is 0.296. The SMILES string of the molecule is CCCCN=C1SC(=Cc2cccc([N+](=O)[O-])c2)C(=O)N1CCCC. The number of rotatable bonds is 8. The number of aliphatic imine (C=N–C) groups is 1. The highest BCUT2D eigenvalue weighted by molar-refractivity contribution is 8.18. The number of nitro groups is 1. The summed E-state index contributed by atoms with van der Waals surface area (Å²) >= 11 is 1.35. The number of amidine groups is 1. The first-order chi connectivity index (χ1) is 12.1. The Kier molecular flexibility index (Phi) is 7.18. The summed E-state index contributed by atoms with van der Waals surface area (Å²) in [6.07, 6.45) is 5.68. The Morgan fingerprint density at radius 3 is 2.72 bits per heavy atom. The lowest BCUT2D eigenvalue weighted by Crippen LogP contribution is -2.30. The van der Waals surface area contributed by atoms with Gasteiger partial charge >= 0.3 is 0 Å². The predicted molar refractivity (Wildman–Crippen MR) is 102 cm³/mol. The predicted octanol–water partition coefficient (Wildman–Crippen LogP) is 4.47. The summed E-state index contributed by atoms with van der Waals surface area (Å²) in [5.41, 5.74) is 0.666. The Balaban J connectivity index is 2.25. The highest BCUT2D eigenvalue weighted by Crippen LogP contribution is 2.33. The lowest BCUT2D eigenvalue weighted by atomic mass is 10.2. The van der Waals surface area contributed by atoms with Crippen LogP contribution in [0.3, 0.4) is 0 Å². The molecule has 0 bridgehead atoms. The third-order valence-electron chi connectivity index (χ3n) is 3.76. The summed E-state index contributed by atoms with van der Waals surface area (Å²) in [6.45, 7) is 5.55. The number of carbonyl (C=O) groups is 1. The number of amides is 1. The average Bonchev–Trinajstić information content (AvgIpc) is 2.89. The van der Waals surface area contributed by atoms with Crippen LogP contribution in [0, 0.1) is 10.1 Å². The van der Waals surface area contributed by atoms with Gasteiger partial charge in [0, 0.05) is 25.2 Å². The van der Waals surface area contributed by atoms with Crippen molar-refractivity contribution in [1.29, 1.82) is 0 Å². The molecule has 7 heteroatoms. The van der Waals surface area contributed by atoms with Crippen LogP contribution in [-0.4, -0.2) is 34.0 Å². The molecule has 1 aliphatic rings. The van der Waals surface area contributed by atoms with E-state index >= 15 is 0 Å². The Bertz CT molecular complexity index is 701. The normalized spacial score (nSPS) is 17.7. The second kappa shape index (κ2) is 9.36. The van der Waals surface area contributed by atoms with Crippen LogP contribution >= 0.6 is 11.8 Å². The van der Waals surface area contributed by atoms with Gasteiger partial charge in [-0.1, -0.05) is 38.8 Å². The summed E-state index contributed by atoms with van der Waals surface area (Å²) in [5.74, 6) is -0.0693. The Labute approximate surface area is 152 Å². The second-order valence-electron chi connectivity index (χ2n) is 5.79. The van der Waals surface area contributed by atoms with E-state index in [0.29, 0.717) is 23.6 Å². The highest BCUT2D eigenvalue weighted by atomic mass is 32.2. The van der Waals surface area contributed by atoms with E-state index in [4.69, 9.17) is 0 Å². The van der Waals surface area contributed by atoms with Gasteiger partial charge in [-0.3, -0.25) is 24.8 Å². The number of hydrogen-bond donors (Lipinski definition) is 0. The molecule has 1 saturated heterocycles. The lowest BCUT2D eigenvalue weighted by Gasteiger charge is -2.14. The van der Waals surface area contributed by atoms with Crippen molar-refractivity contribution >= 4 is 34.6 Å². The van der Waals surface area contributed by atoms with Crippen LogP contribution in [0.5, 0.6) is 0 Å². The van der Waals surface area contributed by atoms with E-state index in [2.05, 4.69) is 18.8 Å². The molecule has 0 atom stereocenters. The largest absolute Gasteiger partial charge is 0.287 e. The second-order valence-corrected chi connectivity index (χ2v) is 6.80. The molecule has 2 rings (SSSR count). The van der Waals surface area contributed by atoms with Crippen molar-refractivity contribution in [2.75, 3.05) is 13.1 Å². The molecule has 1 aliphatic heterocycles. The Morgan fingerprint density at radius 1 is 1.28 bits per heavy atom. The molecule has 0 N–H and O–H groups in total. The van der Waals surface area contributed by atoms with E-state index in [1.165, 1.54) is 23.9 Å². The first-order valence-corrected chi connectivity index (χ1v) is 9.38. The molecule has 1 fully saturated rings. The summed E-state index contributed by atoms with van der Waals surface area (Å²) in [7, 11) is 0. The lowest BCUT2D eigenvalue weighted by molar-refractivity contribution is -0.384. The van der Waals surface area contributed by atoms with Crippen molar-refractivity contribution in [3.8, 4) is 0 Å². The fourth-order valence-corrected chi connectivity index (χ4v) is 3.38. The minimum Gasteiger partial charge on any atom is -0.287 e. The first kappa shape index (κ1) is 19.2. The maximum absolute atomic E-state index is 12.7. The molecular weight excluding hydrogens is 338 g/mol. The zero-order valence-corrected chi connectivity index (χ0v) is 15.4. The van der Waals surface area contributed by atoms with E-state index in [1.54, 1.807) is 23.1 Å². The smallest absolute Gasteiger partial charge is 0.270 e. The molecule has 0 aliphatic carbocycles. The fraction of sp³-hybridized carbons (Fsp3) is 0.444. The van der Waals surface area contributed by atoms with Gasteiger partial charge in [0.15, 0.2) is 5.17 Å². The van der Waals surface area contributed by atoms with Crippen LogP contribution in [0.25, 0.3) is 6.08 Å². The van der Waals surface area contributed by atoms with Gasteiger partial charge in [0.1, 0.15) is 0 Å². The fourth-order valence-electron chi connectivity index (χ4n) is 2.35. The van der Waals surface area contributed by atoms with Gasteiger partial charge in [-0.05, 0) is 36.2 Å². The van der Waals surface area contributed by atoms with Crippen molar-refractivity contribution < 1.29 is 9.72 Å². The zero-order valence-electron chi connectivity index (χ0n) is 14.6. The van der Waals surface area contributed by atoms with Gasteiger partial charge < -0.3 is 0 Å². The molecule has 1 aromatic carbocycles. The number of non-ortho nitro benzene ring substituents is 1. The van der Waals surface area contributed by atoms with E-state index in [0.717, 1.165) is 30.9 Å². The maximum atomic E-state index is 12.7. The molecule has 6 nitrogen and oxygen atoms in total. The highest BCUT2D eigenvalue weighted by Gasteiger charge is 2.32. The van der Waals surface area contributed by atoms with Crippen LogP contribution < -0.4 is 0 Å². The number of hydrogen-bond acceptors (Lipinski definition) is 5. The van der Waals surface area contributed by atoms with Crippen LogP contribution in [0.1, 0.15) is 45.1 Å². The van der Waals surface area contributed by atoms with E-state index in [-0.39, 0.29) is 11.6 Å². The first-order valence-electron chi connectivity index (χ1n) is 8.57. The van der Waals surface area contributed by atoms with Crippen molar-refractivity contribution in [2.24, 2.45) is 4.99 Å². The summed E-state index contributed by atoms with van der Waals surface area (Å²) < 4.78 is 0. The van der Waals surface area contributed by atoms with E-state index < -0.39 is 4.92 Å². The molecule has 1 aromatic rings. The van der Waals surface area contributed by atoms with Crippen LogP contribution in [0.15, 0.2) is 34.2 Å². The van der Waals surface area contributed by atoms with Crippen molar-refractivity contribution in [2.45, 2.75) is 39.5 Å². The summed E-state index contributed by atoms with van der Waals surface area (Å²) in [4.78, 5) is 30.0. The van der Waals surface area contributed by atoms with Crippen LogP contribution in [0.4, 0.5) is 5.69 Å². The minimum atomic E-state index is -0.434. The minimum absolute atomic E-state index is 0.0180. The molecule has 0 spiro atoms. The standard InChI is InChI=1S/C18H23N3O3S/c1-3-5-10-19-18-20(11-6-4-2)17(22)16(25-18)13-14-8-7-9-15(12-14)21(23)24/h7-9,12-13H,3-6,10-11H2,1-2H3. The molecular formula is C18H23N3O3S. The zero-order chi connectivity index (χ0) is 18.2. The maximum Gasteiger partial charge on any atom is 0.270 e. The third kappa shape index (κ3) is 5.16. The van der Waals surface area contributed by atoms with Gasteiger partial charge in [0.05, 0.1) is 9.83 Å². The van der Waals surface area contributed by atoms with Gasteiger partial charge in [-0.2, -0.15) is 0 Å². The number of thioether (sulfide) groups is 1. The van der Waals surface area contributed by atoms with Gasteiger partial charge in [0.25, 0.3) is 11.6 Å². The van der Waals surface area contributed by atoms with Crippen molar-refractivity contribution in [1.82, 2.24) is 4.90 Å².